The quantitative estimate of drug-likeness (QED) is 0.763. The van der Waals surface area contributed by atoms with Crippen molar-refractivity contribution in [1.29, 1.82) is 0 Å². The smallest absolute Gasteiger partial charge is 0.263 e. The van der Waals surface area contributed by atoms with Gasteiger partial charge in [0.2, 0.25) is 0 Å². The lowest BCUT2D eigenvalue weighted by Crippen LogP contribution is -2.52. The Bertz CT molecular complexity index is 819. The first-order valence-corrected chi connectivity index (χ1v) is 10.2. The fraction of sp³-hybridized carbons (Fsp3) is 0.458. The Balaban J connectivity index is 1.56. The van der Waals surface area contributed by atoms with Gasteiger partial charge >= 0.3 is 0 Å². The van der Waals surface area contributed by atoms with Gasteiger partial charge in [0.25, 0.3) is 5.91 Å². The van der Waals surface area contributed by atoms with Crippen LogP contribution in [0.3, 0.4) is 0 Å². The number of carbonyl (C=O) groups excluding carboxylic acids is 1. The Morgan fingerprint density at radius 2 is 1.59 bits per heavy atom. The number of rotatable bonds is 5. The van der Waals surface area contributed by atoms with Crippen LogP contribution in [0, 0.1) is 0 Å². The highest BCUT2D eigenvalue weighted by atomic mass is 16.5. The highest BCUT2D eigenvalue weighted by Gasteiger charge is 2.27. The van der Waals surface area contributed by atoms with Crippen LogP contribution in [0.15, 0.2) is 48.5 Å². The largest absolute Gasteiger partial charge is 0.495 e. The van der Waals surface area contributed by atoms with E-state index in [1.807, 2.05) is 42.2 Å². The summed E-state index contributed by atoms with van der Waals surface area (Å²) in [6.07, 6.45) is -0.506. The maximum absolute atomic E-state index is 12.9. The number of hydrogen-bond donors (Lipinski definition) is 0. The minimum atomic E-state index is -0.506. The van der Waals surface area contributed by atoms with E-state index in [4.69, 9.17) is 9.47 Å². The third-order valence-corrected chi connectivity index (χ3v) is 5.40. The second-order valence-corrected chi connectivity index (χ2v) is 8.52. The third-order valence-electron chi connectivity index (χ3n) is 5.40. The SMILES string of the molecule is COc1ccccc1N1CCN(C(=O)[C@H](C)Oc2ccc(C(C)(C)C)cc2)CC1. The van der Waals surface area contributed by atoms with Crippen LogP contribution < -0.4 is 14.4 Å². The molecule has 0 N–H and O–H groups in total. The number of methoxy groups -OCH3 is 1. The van der Waals surface area contributed by atoms with Crippen LogP contribution in [0.25, 0.3) is 0 Å². The zero-order chi connectivity index (χ0) is 21.0. The molecule has 3 rings (SSSR count). The van der Waals surface area contributed by atoms with Gasteiger partial charge in [-0.25, -0.2) is 0 Å². The molecule has 1 saturated heterocycles. The van der Waals surface area contributed by atoms with Crippen molar-refractivity contribution in [3.05, 3.63) is 54.1 Å². The van der Waals surface area contributed by atoms with Crippen LogP contribution in [-0.2, 0) is 10.2 Å². The molecule has 1 atom stereocenters. The maximum atomic E-state index is 12.9. The molecule has 29 heavy (non-hydrogen) atoms. The van der Waals surface area contributed by atoms with Gasteiger partial charge in [0.05, 0.1) is 12.8 Å². The predicted molar refractivity (Wildman–Crippen MR) is 117 cm³/mol. The first-order chi connectivity index (χ1) is 13.8. The molecule has 1 aliphatic heterocycles. The molecule has 5 nitrogen and oxygen atoms in total. The average molecular weight is 397 g/mol. The van der Waals surface area contributed by atoms with Crippen molar-refractivity contribution in [2.75, 3.05) is 38.2 Å². The topological polar surface area (TPSA) is 42.0 Å². The Labute approximate surface area is 174 Å². The van der Waals surface area contributed by atoms with Crippen molar-refractivity contribution >= 4 is 11.6 Å². The van der Waals surface area contributed by atoms with E-state index in [0.29, 0.717) is 13.1 Å². The van der Waals surface area contributed by atoms with Gasteiger partial charge in [-0.2, -0.15) is 0 Å². The Kier molecular flexibility index (Phi) is 6.36. The minimum absolute atomic E-state index is 0.0320. The molecule has 0 aliphatic carbocycles. The maximum Gasteiger partial charge on any atom is 0.263 e. The van der Waals surface area contributed by atoms with Crippen molar-refractivity contribution in [3.8, 4) is 11.5 Å². The van der Waals surface area contributed by atoms with Gasteiger partial charge in [-0.15, -0.1) is 0 Å². The summed E-state index contributed by atoms with van der Waals surface area (Å²) < 4.78 is 11.4. The molecule has 0 saturated carbocycles. The van der Waals surface area contributed by atoms with Crippen molar-refractivity contribution in [3.63, 3.8) is 0 Å². The van der Waals surface area contributed by atoms with Crippen LogP contribution >= 0.6 is 0 Å². The van der Waals surface area contributed by atoms with Gasteiger partial charge in [-0.1, -0.05) is 45.0 Å². The number of ether oxygens (including phenoxy) is 2. The number of hydrogen-bond acceptors (Lipinski definition) is 4. The molecule has 0 unspecified atom stereocenters. The molecular weight excluding hydrogens is 364 g/mol. The van der Waals surface area contributed by atoms with Gasteiger partial charge in [0, 0.05) is 26.2 Å². The van der Waals surface area contributed by atoms with Crippen molar-refractivity contribution in [2.24, 2.45) is 0 Å². The van der Waals surface area contributed by atoms with E-state index in [-0.39, 0.29) is 11.3 Å². The number of piperazine rings is 1. The lowest BCUT2D eigenvalue weighted by molar-refractivity contribution is -0.138. The number of benzene rings is 2. The standard InChI is InChI=1S/C24H32N2O3/c1-18(29-20-12-10-19(11-13-20)24(2,3)4)23(27)26-16-14-25(15-17-26)21-8-6-7-9-22(21)28-5/h6-13,18H,14-17H2,1-5H3/t18-/m0/s1. The fourth-order valence-corrected chi connectivity index (χ4v) is 3.60. The monoisotopic (exact) mass is 396 g/mol. The van der Waals surface area contributed by atoms with Crippen molar-refractivity contribution in [1.82, 2.24) is 4.90 Å². The molecule has 1 fully saturated rings. The van der Waals surface area contributed by atoms with Crippen LogP contribution in [0.5, 0.6) is 11.5 Å². The number of amides is 1. The van der Waals surface area contributed by atoms with E-state index >= 15 is 0 Å². The first-order valence-electron chi connectivity index (χ1n) is 10.2. The normalized spacial score (nSPS) is 15.8. The van der Waals surface area contributed by atoms with Gasteiger partial charge in [-0.05, 0) is 42.2 Å². The highest BCUT2D eigenvalue weighted by molar-refractivity contribution is 5.81. The summed E-state index contributed by atoms with van der Waals surface area (Å²) in [4.78, 5) is 17.0. The molecule has 2 aromatic carbocycles. The van der Waals surface area contributed by atoms with Gasteiger partial charge < -0.3 is 19.3 Å². The molecule has 0 radical (unpaired) electrons. The second-order valence-electron chi connectivity index (χ2n) is 8.52. The predicted octanol–water partition coefficient (Wildman–Crippen LogP) is 4.11. The Morgan fingerprint density at radius 1 is 0.966 bits per heavy atom. The zero-order valence-corrected chi connectivity index (χ0v) is 18.1. The Hall–Kier alpha value is -2.69. The van der Waals surface area contributed by atoms with Crippen molar-refractivity contribution < 1.29 is 14.3 Å². The average Bonchev–Trinajstić information content (AvgIpc) is 2.73. The molecule has 0 bridgehead atoms. The van der Waals surface area contributed by atoms with Crippen molar-refractivity contribution in [2.45, 2.75) is 39.2 Å². The summed E-state index contributed by atoms with van der Waals surface area (Å²) >= 11 is 0. The molecule has 0 aromatic heterocycles. The number of para-hydroxylation sites is 2. The number of carbonyl (C=O) groups is 1. The lowest BCUT2D eigenvalue weighted by Gasteiger charge is -2.37. The van der Waals surface area contributed by atoms with E-state index in [0.717, 1.165) is 30.3 Å². The van der Waals surface area contributed by atoms with E-state index in [1.165, 1.54) is 5.56 Å². The number of anilines is 1. The summed E-state index contributed by atoms with van der Waals surface area (Å²) in [6, 6.07) is 16.0. The van der Waals surface area contributed by atoms with Crippen LogP contribution in [0.4, 0.5) is 5.69 Å². The summed E-state index contributed by atoms with van der Waals surface area (Å²) in [5.74, 6) is 1.62. The molecule has 1 aliphatic rings. The van der Waals surface area contributed by atoms with E-state index in [1.54, 1.807) is 7.11 Å². The molecule has 1 heterocycles. The number of nitrogens with zero attached hydrogens (tertiary/aromatic N) is 2. The fourth-order valence-electron chi connectivity index (χ4n) is 3.60. The summed E-state index contributed by atoms with van der Waals surface area (Å²) in [5, 5.41) is 0. The second kappa shape index (κ2) is 8.76. The molecule has 156 valence electrons. The summed E-state index contributed by atoms with van der Waals surface area (Å²) in [6.45, 7) is 11.3. The van der Waals surface area contributed by atoms with Gasteiger partial charge in [-0.3, -0.25) is 4.79 Å². The van der Waals surface area contributed by atoms with E-state index in [2.05, 4.69) is 43.9 Å². The zero-order valence-electron chi connectivity index (χ0n) is 18.1. The molecule has 1 amide bonds. The summed E-state index contributed by atoms with van der Waals surface area (Å²) in [5.41, 5.74) is 2.42. The minimum Gasteiger partial charge on any atom is -0.495 e. The highest BCUT2D eigenvalue weighted by Crippen LogP contribution is 2.29. The molecule has 0 spiro atoms. The van der Waals surface area contributed by atoms with E-state index < -0.39 is 6.10 Å². The van der Waals surface area contributed by atoms with Crippen LogP contribution in [0.1, 0.15) is 33.3 Å². The van der Waals surface area contributed by atoms with Crippen LogP contribution in [-0.4, -0.2) is 50.2 Å². The Morgan fingerprint density at radius 3 is 2.17 bits per heavy atom. The molecule has 5 heteroatoms. The lowest BCUT2D eigenvalue weighted by atomic mass is 9.87. The summed E-state index contributed by atoms with van der Waals surface area (Å²) in [7, 11) is 1.69. The molecule has 2 aromatic rings. The van der Waals surface area contributed by atoms with E-state index in [9.17, 15) is 4.79 Å². The third kappa shape index (κ3) is 5.03. The van der Waals surface area contributed by atoms with Crippen LogP contribution in [0.2, 0.25) is 0 Å². The van der Waals surface area contributed by atoms with Gasteiger partial charge in [0.1, 0.15) is 11.5 Å². The first kappa shape index (κ1) is 21.0. The van der Waals surface area contributed by atoms with Gasteiger partial charge in [0.15, 0.2) is 6.10 Å². The molecular formula is C24H32N2O3.